The SMILES string of the molecule is CC(C)C(=O)CCC(=O)O.CC(C)C(=O)CCCCC(=O)O.CC(C)C(=O)CCNC(=O)c1ccc(O)cc1.CC(C)C(=O)CCNC(=O)c1cccc(O)c1.CC(C)C(=O)CCc1cccc(O)c1.CC(C)C(=O)NCC(=O)O. The van der Waals surface area contributed by atoms with E-state index in [9.17, 15) is 63.0 Å². The number of Topliss-reactive ketones (excluding diaryl/α,β-unsaturated/α-hetero) is 5. The van der Waals surface area contributed by atoms with Gasteiger partial charge < -0.3 is 46.6 Å². The highest BCUT2D eigenvalue weighted by Crippen LogP contribution is 2.15. The monoisotopic (exact) mass is 1120 g/mol. The maximum atomic E-state index is 11.6. The van der Waals surface area contributed by atoms with Crippen LogP contribution in [0.25, 0.3) is 0 Å². The molecule has 0 aliphatic rings. The van der Waals surface area contributed by atoms with Crippen LogP contribution < -0.4 is 16.0 Å². The first-order valence-corrected chi connectivity index (χ1v) is 26.7. The van der Waals surface area contributed by atoms with E-state index in [1.165, 1.54) is 36.4 Å². The molecule has 0 radical (unpaired) electrons. The highest BCUT2D eigenvalue weighted by Gasteiger charge is 2.13. The van der Waals surface area contributed by atoms with Gasteiger partial charge in [0.15, 0.2) is 0 Å². The molecule has 0 atom stereocenters. The second-order valence-electron chi connectivity index (χ2n) is 20.1. The van der Waals surface area contributed by atoms with Gasteiger partial charge in [0.2, 0.25) is 5.91 Å². The Balaban J connectivity index is -0.000000901. The highest BCUT2D eigenvalue weighted by atomic mass is 16.4. The Hall–Kier alpha value is -7.77. The number of benzene rings is 3. The van der Waals surface area contributed by atoms with Gasteiger partial charge in [-0.25, -0.2) is 0 Å². The molecule has 0 aliphatic carbocycles. The Labute approximate surface area is 471 Å². The molecule has 0 unspecified atom stereocenters. The first-order chi connectivity index (χ1) is 37.2. The average molecular weight is 1120 g/mol. The van der Waals surface area contributed by atoms with Crippen molar-refractivity contribution in [2.24, 2.45) is 35.5 Å². The van der Waals surface area contributed by atoms with Gasteiger partial charge in [0.1, 0.15) is 52.7 Å². The molecule has 20 nitrogen and oxygen atoms in total. The van der Waals surface area contributed by atoms with Crippen LogP contribution in [0.1, 0.15) is 167 Å². The molecule has 80 heavy (non-hydrogen) atoms. The number of hydrogen-bond donors (Lipinski definition) is 9. The van der Waals surface area contributed by atoms with Crippen LogP contribution in [0, 0.1) is 35.5 Å². The zero-order chi connectivity index (χ0) is 62.1. The first kappa shape index (κ1) is 76.5. The number of ketones is 5. The van der Waals surface area contributed by atoms with Crippen molar-refractivity contribution in [1.82, 2.24) is 16.0 Å². The molecule has 0 spiro atoms. The van der Waals surface area contributed by atoms with Gasteiger partial charge in [-0.3, -0.25) is 52.7 Å². The minimum atomic E-state index is -1.02. The van der Waals surface area contributed by atoms with Crippen LogP contribution in [0.3, 0.4) is 0 Å². The molecular weight excluding hydrogens is 1030 g/mol. The molecule has 0 saturated carbocycles. The summed E-state index contributed by atoms with van der Waals surface area (Å²) in [4.78, 5) is 120. The fourth-order valence-electron chi connectivity index (χ4n) is 5.66. The van der Waals surface area contributed by atoms with Crippen molar-refractivity contribution in [2.45, 2.75) is 147 Å². The van der Waals surface area contributed by atoms with Crippen LogP contribution in [0.15, 0.2) is 72.8 Å². The third-order valence-corrected chi connectivity index (χ3v) is 10.9. The van der Waals surface area contributed by atoms with Crippen molar-refractivity contribution in [1.29, 1.82) is 0 Å². The van der Waals surface area contributed by atoms with Crippen molar-refractivity contribution in [3.05, 3.63) is 89.5 Å². The average Bonchev–Trinajstić information content (AvgIpc) is 3.38. The van der Waals surface area contributed by atoms with Gasteiger partial charge in [-0.05, 0) is 79.4 Å². The first-order valence-electron chi connectivity index (χ1n) is 26.7. The van der Waals surface area contributed by atoms with Gasteiger partial charge in [0, 0.05) is 98.2 Å². The number of aromatic hydroxyl groups is 3. The Morgan fingerprint density at radius 3 is 1.19 bits per heavy atom. The number of aliphatic carboxylic acids is 3. The second kappa shape index (κ2) is 44.1. The maximum Gasteiger partial charge on any atom is 0.322 e. The van der Waals surface area contributed by atoms with Gasteiger partial charge >= 0.3 is 17.9 Å². The summed E-state index contributed by atoms with van der Waals surface area (Å²) in [6.45, 7) is 22.2. The molecule has 3 aromatic carbocycles. The third kappa shape index (κ3) is 43.2. The number of phenolic OH excluding ortho intramolecular Hbond substituents is 3. The maximum absolute atomic E-state index is 11.6. The number of phenols is 3. The summed E-state index contributed by atoms with van der Waals surface area (Å²) in [6, 6.07) is 19.1. The second-order valence-corrected chi connectivity index (χ2v) is 20.1. The predicted octanol–water partition coefficient (Wildman–Crippen LogP) is 8.80. The topological polar surface area (TPSA) is 345 Å². The van der Waals surface area contributed by atoms with Gasteiger partial charge in [-0.2, -0.15) is 0 Å². The Kier molecular flexibility index (Phi) is 42.2. The van der Waals surface area contributed by atoms with Crippen LogP contribution in [-0.4, -0.2) is 115 Å². The molecule has 0 aliphatic heterocycles. The normalized spacial score (nSPS) is 10.2. The Bertz CT molecular complexity index is 2360. The smallest absolute Gasteiger partial charge is 0.322 e. The molecule has 0 saturated heterocycles. The predicted molar refractivity (Wildman–Crippen MR) is 304 cm³/mol. The highest BCUT2D eigenvalue weighted by molar-refractivity contribution is 5.95. The number of carbonyl (C=O) groups is 11. The summed E-state index contributed by atoms with van der Waals surface area (Å²) in [6.07, 6.45) is 4.06. The summed E-state index contributed by atoms with van der Waals surface area (Å²) in [7, 11) is 0. The number of carboxylic acid groups (broad SMARTS) is 3. The van der Waals surface area contributed by atoms with Crippen molar-refractivity contribution in [3.8, 4) is 17.2 Å². The lowest BCUT2D eigenvalue weighted by molar-refractivity contribution is -0.139. The summed E-state index contributed by atoms with van der Waals surface area (Å²) in [5.41, 5.74) is 1.88. The van der Waals surface area contributed by atoms with Crippen LogP contribution in [0.5, 0.6) is 17.2 Å². The van der Waals surface area contributed by atoms with Crippen molar-refractivity contribution in [3.63, 3.8) is 0 Å². The van der Waals surface area contributed by atoms with E-state index in [0.717, 1.165) is 5.56 Å². The quantitative estimate of drug-likeness (QED) is 0.0322. The number of aryl methyl sites for hydroxylation is 1. The molecule has 3 amide bonds. The fraction of sp³-hybridized carbons (Fsp3) is 0.517. The zero-order valence-corrected chi connectivity index (χ0v) is 48.8. The molecule has 0 fully saturated rings. The van der Waals surface area contributed by atoms with E-state index in [4.69, 9.17) is 20.4 Å². The van der Waals surface area contributed by atoms with E-state index in [1.54, 1.807) is 58.0 Å². The fourth-order valence-corrected chi connectivity index (χ4v) is 5.66. The number of hydrogen-bond acceptors (Lipinski definition) is 14. The lowest BCUT2D eigenvalue weighted by atomic mass is 10.0. The van der Waals surface area contributed by atoms with E-state index in [2.05, 4.69) is 16.0 Å². The van der Waals surface area contributed by atoms with Crippen LogP contribution >= 0.6 is 0 Å². The van der Waals surface area contributed by atoms with E-state index >= 15 is 0 Å². The summed E-state index contributed by atoms with van der Waals surface area (Å²) >= 11 is 0. The number of unbranched alkanes of at least 4 members (excludes halogenated alkanes) is 1. The van der Waals surface area contributed by atoms with Crippen molar-refractivity contribution >= 4 is 64.5 Å². The Morgan fingerprint density at radius 2 is 0.775 bits per heavy atom. The number of nitrogens with one attached hydrogen (secondary N) is 3. The number of rotatable bonds is 27. The molecule has 0 bridgehead atoms. The van der Waals surface area contributed by atoms with Crippen LogP contribution in [0.2, 0.25) is 0 Å². The summed E-state index contributed by atoms with van der Waals surface area (Å²) < 4.78 is 0. The molecule has 3 aromatic rings. The zero-order valence-electron chi connectivity index (χ0n) is 48.8. The standard InChI is InChI=1S/2C13H17NO3.C12H16O2.C9H16O3.C7H12O3.C6H11NO3/c1-9(2)12(16)7-8-14-13(17)10-3-5-11(15)6-4-10;1-9(2)12(16)6-7-14-13(17)10-4-3-5-11(15)8-10;1-9(2)12(14)7-6-10-4-3-5-11(13)8-10;1-7(2)8(10)5-3-4-6-9(11)12;1-5(2)6(8)3-4-7(9)10;1-4(2)6(10)7-3-5(8)9/h3-6,9,15H,7-8H2,1-2H3,(H,14,17);3-5,8-9,15H,6-7H2,1-2H3,(H,14,17);3-5,8-9,13H,6-7H2,1-2H3;7H,3-6H2,1-2H3,(H,11,12);5H,3-4H2,1-2H3,(H,9,10);4H,3H2,1-2H3,(H,7,10)(H,8,9). The van der Waals surface area contributed by atoms with E-state index in [-0.39, 0.29) is 125 Å². The number of carboxylic acids is 3. The van der Waals surface area contributed by atoms with E-state index < -0.39 is 17.9 Å². The van der Waals surface area contributed by atoms with Crippen LogP contribution in [-0.2, 0) is 49.6 Å². The molecule has 20 heteroatoms. The van der Waals surface area contributed by atoms with Crippen LogP contribution in [0.4, 0.5) is 0 Å². The van der Waals surface area contributed by atoms with Crippen molar-refractivity contribution < 1.29 is 83.4 Å². The number of amides is 3. The minimum absolute atomic E-state index is 0.000532. The van der Waals surface area contributed by atoms with E-state index in [0.29, 0.717) is 69.2 Å². The minimum Gasteiger partial charge on any atom is -0.508 e. The Morgan fingerprint density at radius 1 is 0.375 bits per heavy atom. The summed E-state index contributed by atoms with van der Waals surface area (Å²) in [5, 5.41) is 59.7. The van der Waals surface area contributed by atoms with Crippen molar-refractivity contribution in [2.75, 3.05) is 19.6 Å². The molecule has 9 N–H and O–H groups in total. The largest absolute Gasteiger partial charge is 0.508 e. The molecule has 3 rings (SSSR count). The van der Waals surface area contributed by atoms with Gasteiger partial charge in [0.05, 0.1) is 6.42 Å². The summed E-state index contributed by atoms with van der Waals surface area (Å²) in [5.74, 6) is -2.27. The van der Waals surface area contributed by atoms with Gasteiger partial charge in [0.25, 0.3) is 11.8 Å². The lowest BCUT2D eigenvalue weighted by Gasteiger charge is -2.06. The molecule has 0 aromatic heterocycles. The van der Waals surface area contributed by atoms with Gasteiger partial charge in [-0.1, -0.05) is 101 Å². The molecular formula is C60H89N3O17. The van der Waals surface area contributed by atoms with E-state index in [1.807, 2.05) is 61.5 Å². The lowest BCUT2D eigenvalue weighted by Crippen LogP contribution is -2.32. The third-order valence-electron chi connectivity index (χ3n) is 10.9. The molecule has 446 valence electrons. The number of carbonyl (C=O) groups excluding carboxylic acids is 8. The molecule has 0 heterocycles. The van der Waals surface area contributed by atoms with Gasteiger partial charge in [-0.15, -0.1) is 0 Å².